The first-order chi connectivity index (χ1) is 10.3. The van der Waals surface area contributed by atoms with Crippen LogP contribution in [0, 0.1) is 0 Å². The maximum atomic E-state index is 9.89. The van der Waals surface area contributed by atoms with E-state index in [1.165, 1.54) is 0 Å². The lowest BCUT2D eigenvalue weighted by Gasteiger charge is -2.13. The average Bonchev–Trinajstić information content (AvgIpc) is 2.99. The summed E-state index contributed by atoms with van der Waals surface area (Å²) in [6, 6.07) is 10.9. The van der Waals surface area contributed by atoms with Crippen LogP contribution in [0.1, 0.15) is 0 Å². The second kappa shape index (κ2) is 6.32. The highest BCUT2D eigenvalue weighted by Gasteiger charge is 2.14. The minimum absolute atomic E-state index is 0.180. The van der Waals surface area contributed by atoms with Crippen LogP contribution in [0.5, 0.6) is 17.2 Å². The first-order valence-corrected chi connectivity index (χ1v) is 6.67. The van der Waals surface area contributed by atoms with E-state index in [2.05, 4.69) is 10.3 Å². The Hall–Kier alpha value is -2.47. The van der Waals surface area contributed by atoms with Gasteiger partial charge >= 0.3 is 0 Å². The van der Waals surface area contributed by atoms with E-state index < -0.39 is 6.10 Å². The summed E-state index contributed by atoms with van der Waals surface area (Å²) in [4.78, 5) is 4.11. The van der Waals surface area contributed by atoms with Crippen molar-refractivity contribution in [2.75, 3.05) is 25.3 Å². The zero-order chi connectivity index (χ0) is 14.5. The molecule has 0 amide bonds. The number of hydrogen-bond acceptors (Lipinski definition) is 6. The van der Waals surface area contributed by atoms with Crippen LogP contribution in [0.15, 0.2) is 42.6 Å². The quantitative estimate of drug-likeness (QED) is 0.842. The standard InChI is InChI=1S/C15H16N2O4/c18-11(8-17-15-3-1-2-6-16-15)9-19-12-4-5-13-14(7-12)21-10-20-13/h1-7,11,18H,8-10H2,(H,16,17). The first-order valence-electron chi connectivity index (χ1n) is 6.67. The van der Waals surface area contributed by atoms with E-state index in [0.29, 0.717) is 23.8 Å². The number of pyridine rings is 1. The third-order valence-electron chi connectivity index (χ3n) is 2.97. The number of benzene rings is 1. The Morgan fingerprint density at radius 2 is 2.14 bits per heavy atom. The largest absolute Gasteiger partial charge is 0.491 e. The van der Waals surface area contributed by atoms with Crippen LogP contribution in [-0.2, 0) is 0 Å². The summed E-state index contributed by atoms with van der Waals surface area (Å²) in [5.41, 5.74) is 0. The van der Waals surface area contributed by atoms with Crippen molar-refractivity contribution in [3.63, 3.8) is 0 Å². The summed E-state index contributed by atoms with van der Waals surface area (Å²) >= 11 is 0. The highest BCUT2D eigenvalue weighted by Crippen LogP contribution is 2.35. The SMILES string of the molecule is OC(CNc1ccccn1)COc1ccc2c(c1)OCO2. The van der Waals surface area contributed by atoms with Crippen LogP contribution in [0.4, 0.5) is 5.82 Å². The number of nitrogens with one attached hydrogen (secondary N) is 1. The summed E-state index contributed by atoms with van der Waals surface area (Å²) in [5.74, 6) is 2.73. The molecule has 21 heavy (non-hydrogen) atoms. The molecule has 1 aliphatic rings. The monoisotopic (exact) mass is 288 g/mol. The predicted octanol–water partition coefficient (Wildman–Crippen LogP) is 1.66. The number of aliphatic hydroxyl groups is 1. The van der Waals surface area contributed by atoms with Crippen molar-refractivity contribution in [2.45, 2.75) is 6.10 Å². The molecular formula is C15H16N2O4. The molecule has 6 heteroatoms. The predicted molar refractivity (Wildman–Crippen MR) is 76.8 cm³/mol. The van der Waals surface area contributed by atoms with Crippen LogP contribution in [0.25, 0.3) is 0 Å². The molecule has 1 aliphatic heterocycles. The maximum Gasteiger partial charge on any atom is 0.231 e. The minimum atomic E-state index is -0.641. The van der Waals surface area contributed by atoms with Crippen molar-refractivity contribution < 1.29 is 19.3 Å². The molecule has 1 atom stereocenters. The van der Waals surface area contributed by atoms with Crippen molar-refractivity contribution in [2.24, 2.45) is 0 Å². The molecule has 2 N–H and O–H groups in total. The number of nitrogens with zero attached hydrogens (tertiary/aromatic N) is 1. The Balaban J connectivity index is 1.46. The molecule has 0 aliphatic carbocycles. The highest BCUT2D eigenvalue weighted by atomic mass is 16.7. The van der Waals surface area contributed by atoms with E-state index in [0.717, 1.165) is 5.82 Å². The molecule has 0 bridgehead atoms. The Labute approximate surface area is 122 Å². The van der Waals surface area contributed by atoms with Gasteiger partial charge in [-0.3, -0.25) is 0 Å². The van der Waals surface area contributed by atoms with Crippen LogP contribution in [0.3, 0.4) is 0 Å². The van der Waals surface area contributed by atoms with Gasteiger partial charge in [0.1, 0.15) is 24.3 Å². The number of aromatic nitrogens is 1. The van der Waals surface area contributed by atoms with Crippen molar-refractivity contribution in [3.05, 3.63) is 42.6 Å². The topological polar surface area (TPSA) is 72.8 Å². The Bertz CT molecular complexity index is 591. The molecular weight excluding hydrogens is 272 g/mol. The molecule has 0 spiro atoms. The zero-order valence-electron chi connectivity index (χ0n) is 11.4. The summed E-state index contributed by atoms with van der Waals surface area (Å²) in [6.45, 7) is 0.774. The molecule has 0 fully saturated rings. The van der Waals surface area contributed by atoms with Gasteiger partial charge < -0.3 is 24.6 Å². The van der Waals surface area contributed by atoms with Crippen LogP contribution in [0.2, 0.25) is 0 Å². The van der Waals surface area contributed by atoms with Gasteiger partial charge in [-0.05, 0) is 24.3 Å². The third kappa shape index (κ3) is 3.55. The first kappa shape index (κ1) is 13.5. The molecule has 0 saturated carbocycles. The fourth-order valence-corrected chi connectivity index (χ4v) is 1.91. The van der Waals surface area contributed by atoms with Crippen LogP contribution >= 0.6 is 0 Å². The van der Waals surface area contributed by atoms with E-state index >= 15 is 0 Å². The Morgan fingerprint density at radius 1 is 1.24 bits per heavy atom. The molecule has 110 valence electrons. The van der Waals surface area contributed by atoms with E-state index in [1.54, 1.807) is 24.4 Å². The highest BCUT2D eigenvalue weighted by molar-refractivity contribution is 5.46. The molecule has 3 rings (SSSR count). The summed E-state index contributed by atoms with van der Waals surface area (Å²) < 4.78 is 16.0. The number of aliphatic hydroxyl groups excluding tert-OH is 1. The van der Waals surface area contributed by atoms with Crippen LogP contribution in [-0.4, -0.2) is 36.1 Å². The van der Waals surface area contributed by atoms with Crippen molar-refractivity contribution in [1.82, 2.24) is 4.98 Å². The normalized spacial score (nSPS) is 13.8. The molecule has 6 nitrogen and oxygen atoms in total. The molecule has 2 aromatic rings. The average molecular weight is 288 g/mol. The minimum Gasteiger partial charge on any atom is -0.491 e. The maximum absolute atomic E-state index is 9.89. The van der Waals surface area contributed by atoms with Gasteiger partial charge in [0.25, 0.3) is 0 Å². The molecule has 1 aromatic carbocycles. The van der Waals surface area contributed by atoms with Gasteiger partial charge in [0, 0.05) is 18.8 Å². The third-order valence-corrected chi connectivity index (χ3v) is 2.97. The fourth-order valence-electron chi connectivity index (χ4n) is 1.91. The van der Waals surface area contributed by atoms with Gasteiger partial charge in [0.2, 0.25) is 6.79 Å². The van der Waals surface area contributed by atoms with Gasteiger partial charge in [0.05, 0.1) is 0 Å². The Kier molecular flexibility index (Phi) is 4.07. The van der Waals surface area contributed by atoms with Crippen molar-refractivity contribution in [3.8, 4) is 17.2 Å². The molecule has 1 unspecified atom stereocenters. The zero-order valence-corrected chi connectivity index (χ0v) is 11.4. The second-order valence-corrected chi connectivity index (χ2v) is 4.58. The molecule has 0 radical (unpaired) electrons. The van der Waals surface area contributed by atoms with E-state index in [1.807, 2.05) is 18.2 Å². The lowest BCUT2D eigenvalue weighted by molar-refractivity contribution is 0.117. The molecule has 1 aromatic heterocycles. The van der Waals surface area contributed by atoms with E-state index in [9.17, 15) is 5.11 Å². The molecule has 0 saturated heterocycles. The number of fused-ring (bicyclic) bond motifs is 1. The van der Waals surface area contributed by atoms with Crippen LogP contribution < -0.4 is 19.5 Å². The summed E-state index contributed by atoms with van der Waals surface area (Å²) in [7, 11) is 0. The van der Waals surface area contributed by atoms with Gasteiger partial charge in [-0.1, -0.05) is 6.07 Å². The van der Waals surface area contributed by atoms with Gasteiger partial charge in [0.15, 0.2) is 11.5 Å². The second-order valence-electron chi connectivity index (χ2n) is 4.58. The van der Waals surface area contributed by atoms with Gasteiger partial charge in [-0.2, -0.15) is 0 Å². The summed E-state index contributed by atoms with van der Waals surface area (Å²) in [6.07, 6.45) is 1.05. The van der Waals surface area contributed by atoms with E-state index in [-0.39, 0.29) is 13.4 Å². The lowest BCUT2D eigenvalue weighted by atomic mass is 10.3. The van der Waals surface area contributed by atoms with Gasteiger partial charge in [-0.25, -0.2) is 4.98 Å². The molecule has 2 heterocycles. The Morgan fingerprint density at radius 3 is 3.00 bits per heavy atom. The number of ether oxygens (including phenoxy) is 3. The van der Waals surface area contributed by atoms with Gasteiger partial charge in [-0.15, -0.1) is 0 Å². The van der Waals surface area contributed by atoms with Crippen molar-refractivity contribution in [1.29, 1.82) is 0 Å². The van der Waals surface area contributed by atoms with Crippen molar-refractivity contribution >= 4 is 5.82 Å². The smallest absolute Gasteiger partial charge is 0.231 e. The number of anilines is 1. The summed E-state index contributed by atoms with van der Waals surface area (Å²) in [5, 5.41) is 12.9. The fraction of sp³-hybridized carbons (Fsp3) is 0.267. The number of rotatable bonds is 6. The lowest BCUT2D eigenvalue weighted by Crippen LogP contribution is -2.26. The number of hydrogen-bond donors (Lipinski definition) is 2. The van der Waals surface area contributed by atoms with E-state index in [4.69, 9.17) is 14.2 Å².